The van der Waals surface area contributed by atoms with E-state index in [1.807, 2.05) is 43.9 Å². The van der Waals surface area contributed by atoms with Crippen molar-refractivity contribution in [2.24, 2.45) is 0 Å². The molecule has 0 aliphatic carbocycles. The predicted octanol–water partition coefficient (Wildman–Crippen LogP) is 4.62. The number of aromatic hydroxyl groups is 1. The molecule has 0 bridgehead atoms. The number of hydrogen-bond acceptors (Lipinski definition) is 6. The summed E-state index contributed by atoms with van der Waals surface area (Å²) in [5, 5.41) is 11.8. The van der Waals surface area contributed by atoms with E-state index in [0.29, 0.717) is 29.3 Å². The molecular weight excluding hydrogens is 476 g/mol. The number of halogens is 1. The highest BCUT2D eigenvalue weighted by Gasteiger charge is 2.31. The van der Waals surface area contributed by atoms with Gasteiger partial charge in [0.15, 0.2) is 17.3 Å². The first-order valence-electron chi connectivity index (χ1n) is 9.03. The number of pyridine rings is 1. The van der Waals surface area contributed by atoms with E-state index in [2.05, 4.69) is 25.6 Å². The van der Waals surface area contributed by atoms with Crippen LogP contribution in [-0.2, 0) is 11.3 Å². The number of benzene rings is 1. The highest BCUT2D eigenvalue weighted by atomic mass is 79.9. The van der Waals surface area contributed by atoms with Crippen LogP contribution in [0.1, 0.15) is 17.0 Å². The molecule has 3 rings (SSSR count). The van der Waals surface area contributed by atoms with Crippen molar-refractivity contribution in [3.8, 4) is 22.8 Å². The maximum Gasteiger partial charge on any atom is 0.242 e. The summed E-state index contributed by atoms with van der Waals surface area (Å²) in [6.45, 7) is 6.25. The first-order valence-corrected chi connectivity index (χ1v) is 14.4. The summed E-state index contributed by atoms with van der Waals surface area (Å²) >= 11 is 1.21. The van der Waals surface area contributed by atoms with E-state index in [-0.39, 0.29) is 17.1 Å². The average Bonchev–Trinajstić information content (AvgIpc) is 2.96. The molecule has 0 spiro atoms. The van der Waals surface area contributed by atoms with E-state index < -0.39 is 19.6 Å². The molecule has 0 saturated carbocycles. The molecule has 0 saturated heterocycles. The summed E-state index contributed by atoms with van der Waals surface area (Å²) in [6, 6.07) is 9.39. The van der Waals surface area contributed by atoms with Gasteiger partial charge in [-0.15, -0.1) is 0 Å². The summed E-state index contributed by atoms with van der Waals surface area (Å²) < 4.78 is 36.0. The summed E-state index contributed by atoms with van der Waals surface area (Å²) in [5.41, 5.74) is 1.49. The van der Waals surface area contributed by atoms with E-state index in [9.17, 15) is 13.9 Å². The van der Waals surface area contributed by atoms with E-state index in [4.69, 9.17) is 8.84 Å². The number of nitrogens with one attached hydrogen (secondary N) is 1. The maximum atomic E-state index is 11.0. The molecule has 10 heteroatoms. The van der Waals surface area contributed by atoms with Crippen LogP contribution in [0.5, 0.6) is 11.5 Å². The molecule has 156 valence electrons. The maximum absolute atomic E-state index is 11.0. The van der Waals surface area contributed by atoms with Crippen molar-refractivity contribution in [3.63, 3.8) is 0 Å². The first-order chi connectivity index (χ1) is 13.7. The van der Waals surface area contributed by atoms with Crippen molar-refractivity contribution in [3.05, 3.63) is 42.3 Å². The Balaban J connectivity index is 2.07. The third-order valence-corrected chi connectivity index (χ3v) is 6.20. The fourth-order valence-corrected chi connectivity index (χ4v) is 4.54. The third kappa shape index (κ3) is 5.26. The lowest BCUT2D eigenvalue weighted by molar-refractivity contribution is 0.438. The number of furan rings is 1. The molecule has 3 aromatic rings. The molecule has 29 heavy (non-hydrogen) atoms. The van der Waals surface area contributed by atoms with E-state index in [1.54, 1.807) is 12.3 Å². The van der Waals surface area contributed by atoms with Gasteiger partial charge in [0.1, 0.15) is 0 Å². The van der Waals surface area contributed by atoms with Gasteiger partial charge in [-0.1, -0.05) is 34.1 Å². The minimum atomic E-state index is -2.34. The minimum Gasteiger partial charge on any atom is -0.760 e. The number of aromatic nitrogens is 1. The van der Waals surface area contributed by atoms with E-state index in [1.165, 1.54) is 0 Å². The van der Waals surface area contributed by atoms with Crippen molar-refractivity contribution < 1.29 is 22.7 Å². The Bertz CT molecular complexity index is 1030. The molecule has 2 heterocycles. The molecule has 2 atom stereocenters. The van der Waals surface area contributed by atoms with Crippen molar-refractivity contribution in [2.75, 3.05) is 6.54 Å². The molecule has 0 amide bonds. The summed E-state index contributed by atoms with van der Waals surface area (Å²) in [6.07, 6.45) is 2.08. The Morgan fingerprint density at radius 1 is 1.34 bits per heavy atom. The topological polar surface area (TPSA) is 108 Å². The Morgan fingerprint density at radius 3 is 2.76 bits per heavy atom. The van der Waals surface area contributed by atoms with Crippen molar-refractivity contribution in [1.29, 1.82) is 0 Å². The molecule has 2 unspecified atom stereocenters. The van der Waals surface area contributed by atoms with Crippen LogP contribution in [0.2, 0.25) is 19.6 Å². The second-order valence-corrected chi connectivity index (χ2v) is 13.7. The SMILES string of the molecule is C[Si](C)(C)Oc1c(C(Br)CCNS(=O)[O-])oc(-c2ccnc3ccccc23)c1O. The highest BCUT2D eigenvalue weighted by Crippen LogP contribution is 2.49. The second kappa shape index (κ2) is 8.96. The number of nitrogens with zero attached hydrogens (tertiary/aromatic N) is 1. The van der Waals surface area contributed by atoms with Gasteiger partial charge in [-0.2, -0.15) is 0 Å². The first kappa shape index (κ1) is 22.0. The third-order valence-electron chi connectivity index (χ3n) is 4.07. The van der Waals surface area contributed by atoms with Crippen LogP contribution in [0.25, 0.3) is 22.2 Å². The van der Waals surface area contributed by atoms with Crippen molar-refractivity contribution in [1.82, 2.24) is 9.71 Å². The largest absolute Gasteiger partial charge is 0.760 e. The Morgan fingerprint density at radius 2 is 2.07 bits per heavy atom. The van der Waals surface area contributed by atoms with Gasteiger partial charge in [0.25, 0.3) is 0 Å². The molecule has 2 aromatic heterocycles. The smallest absolute Gasteiger partial charge is 0.242 e. The van der Waals surface area contributed by atoms with Gasteiger partial charge < -0.3 is 18.5 Å². The highest BCUT2D eigenvalue weighted by molar-refractivity contribution is 9.09. The zero-order valence-electron chi connectivity index (χ0n) is 16.3. The van der Waals surface area contributed by atoms with Gasteiger partial charge in [0.05, 0.1) is 10.3 Å². The van der Waals surface area contributed by atoms with E-state index in [0.717, 1.165) is 10.9 Å². The van der Waals surface area contributed by atoms with Crippen LogP contribution < -0.4 is 9.15 Å². The molecule has 1 aromatic carbocycles. The summed E-state index contributed by atoms with van der Waals surface area (Å²) in [4.78, 5) is 4.00. The van der Waals surface area contributed by atoms with Gasteiger partial charge in [0.2, 0.25) is 14.1 Å². The van der Waals surface area contributed by atoms with Gasteiger partial charge in [-0.3, -0.25) is 9.19 Å². The summed E-state index contributed by atoms with van der Waals surface area (Å²) in [7, 11) is -2.06. The lowest BCUT2D eigenvalue weighted by atomic mass is 10.1. The van der Waals surface area contributed by atoms with Crippen LogP contribution in [-0.4, -0.2) is 33.7 Å². The quantitative estimate of drug-likeness (QED) is 0.267. The van der Waals surface area contributed by atoms with Gasteiger partial charge in [-0.05, 0) is 38.2 Å². The Kier molecular flexibility index (Phi) is 6.79. The monoisotopic (exact) mass is 497 g/mol. The minimum absolute atomic E-state index is 0.0661. The van der Waals surface area contributed by atoms with Crippen molar-refractivity contribution in [2.45, 2.75) is 30.9 Å². The normalized spacial score (nSPS) is 14.1. The predicted molar refractivity (Wildman–Crippen MR) is 118 cm³/mol. The molecular formula is C19H22BrN2O5SSi-. The van der Waals surface area contributed by atoms with Crippen LogP contribution in [0.4, 0.5) is 0 Å². The molecule has 0 aliphatic heterocycles. The fraction of sp³-hybridized carbons (Fsp3) is 0.316. The fourth-order valence-electron chi connectivity index (χ4n) is 2.91. The number of alkyl halides is 1. The second-order valence-electron chi connectivity index (χ2n) is 7.45. The Labute approximate surface area is 181 Å². The molecule has 0 aliphatic rings. The Hall–Kier alpha value is -1.72. The van der Waals surface area contributed by atoms with Crippen molar-refractivity contribution >= 4 is 46.4 Å². The van der Waals surface area contributed by atoms with Crippen LogP contribution in [0.3, 0.4) is 0 Å². The van der Waals surface area contributed by atoms with Gasteiger partial charge >= 0.3 is 0 Å². The average molecular weight is 498 g/mol. The van der Waals surface area contributed by atoms with Crippen LogP contribution >= 0.6 is 15.9 Å². The number of fused-ring (bicyclic) bond motifs is 1. The zero-order valence-corrected chi connectivity index (χ0v) is 19.7. The summed E-state index contributed by atoms with van der Waals surface area (Å²) in [5.74, 6) is 0.963. The van der Waals surface area contributed by atoms with Crippen LogP contribution in [0, 0.1) is 0 Å². The lowest BCUT2D eigenvalue weighted by Gasteiger charge is -2.20. The number of rotatable bonds is 8. The van der Waals surface area contributed by atoms with Crippen LogP contribution in [0.15, 0.2) is 40.9 Å². The van der Waals surface area contributed by atoms with Gasteiger partial charge in [-0.25, -0.2) is 4.72 Å². The standard InChI is InChI=1S/C19H23BrN2O5SSi/c1-29(2,3)27-19-16(23)17(26-18(19)14(20)9-11-22-28(24)25)13-8-10-21-15-7-5-4-6-12(13)15/h4-8,10,14,22-23H,9,11H2,1-3H3,(H,24,25)/p-1. The van der Waals surface area contributed by atoms with Gasteiger partial charge in [0, 0.05) is 35.0 Å². The number of para-hydroxylation sites is 1. The molecule has 0 fully saturated rings. The molecule has 7 nitrogen and oxygen atoms in total. The zero-order chi connectivity index (χ0) is 21.2. The van der Waals surface area contributed by atoms with E-state index >= 15 is 0 Å². The molecule has 2 N–H and O–H groups in total. The molecule has 0 radical (unpaired) electrons. The number of hydrogen-bond donors (Lipinski definition) is 2. The lowest BCUT2D eigenvalue weighted by Crippen LogP contribution is -2.29.